The van der Waals surface area contributed by atoms with E-state index in [1.165, 1.54) is 0 Å². The van der Waals surface area contributed by atoms with Crippen LogP contribution in [-0.4, -0.2) is 35.7 Å². The summed E-state index contributed by atoms with van der Waals surface area (Å²) in [4.78, 5) is 23.6. The number of carboxylic acids is 1. The average Bonchev–Trinajstić information content (AvgIpc) is 2.60. The molecule has 1 aliphatic carbocycles. The summed E-state index contributed by atoms with van der Waals surface area (Å²) in [6.07, 6.45) is 0.335. The van der Waals surface area contributed by atoms with E-state index >= 15 is 0 Å². The molecule has 0 bridgehead atoms. The molecular weight excluding hydrogens is 234 g/mol. The number of amides is 1. The maximum Gasteiger partial charge on any atom is 0.331 e. The van der Waals surface area contributed by atoms with Gasteiger partial charge in [0.25, 0.3) is 0 Å². The summed E-state index contributed by atoms with van der Waals surface area (Å²) in [5.74, 6) is -1.32. The Morgan fingerprint density at radius 2 is 1.78 bits per heavy atom. The van der Waals surface area contributed by atoms with Crippen LogP contribution in [0.5, 0.6) is 0 Å². The van der Waals surface area contributed by atoms with Crippen LogP contribution in [0.25, 0.3) is 0 Å². The molecule has 18 heavy (non-hydrogen) atoms. The normalized spacial score (nSPS) is 33.1. The molecule has 2 fully saturated rings. The van der Waals surface area contributed by atoms with Gasteiger partial charge in [0.2, 0.25) is 5.91 Å². The van der Waals surface area contributed by atoms with Crippen LogP contribution in [0.15, 0.2) is 0 Å². The van der Waals surface area contributed by atoms with Gasteiger partial charge in [-0.05, 0) is 10.8 Å². The Labute approximate surface area is 107 Å². The number of hydrogen-bond acceptors (Lipinski definition) is 3. The van der Waals surface area contributed by atoms with E-state index in [-0.39, 0.29) is 29.3 Å². The van der Waals surface area contributed by atoms with Gasteiger partial charge in [0, 0.05) is 18.9 Å². The minimum atomic E-state index is -1.23. The smallest absolute Gasteiger partial charge is 0.331 e. The van der Waals surface area contributed by atoms with E-state index in [0.29, 0.717) is 13.0 Å². The van der Waals surface area contributed by atoms with Crippen molar-refractivity contribution in [3.05, 3.63) is 0 Å². The molecule has 1 saturated carbocycles. The minimum Gasteiger partial charge on any atom is -0.479 e. The van der Waals surface area contributed by atoms with Crippen LogP contribution < -0.4 is 5.32 Å². The van der Waals surface area contributed by atoms with Gasteiger partial charge in [-0.15, -0.1) is 0 Å². The number of nitrogens with one attached hydrogen (secondary N) is 1. The lowest BCUT2D eigenvalue weighted by atomic mass is 9.98. The molecule has 0 aromatic carbocycles. The van der Waals surface area contributed by atoms with Gasteiger partial charge in [-0.1, -0.05) is 27.7 Å². The standard InChI is InChI=1S/C13H21NO4/c1-11(2)8(12(11,3)4)9(15)14-13(10(16)17)5-6-18-7-13/h8H,5-7H2,1-4H3,(H,14,15)(H,16,17). The highest BCUT2D eigenvalue weighted by Crippen LogP contribution is 2.68. The summed E-state index contributed by atoms with van der Waals surface area (Å²) >= 11 is 0. The molecule has 1 amide bonds. The summed E-state index contributed by atoms with van der Waals surface area (Å²) in [7, 11) is 0. The zero-order chi connectivity index (χ0) is 13.8. The van der Waals surface area contributed by atoms with Crippen molar-refractivity contribution >= 4 is 11.9 Å². The van der Waals surface area contributed by atoms with Gasteiger partial charge in [-0.3, -0.25) is 4.79 Å². The first-order chi connectivity index (χ1) is 8.15. The summed E-state index contributed by atoms with van der Waals surface area (Å²) in [6.45, 7) is 8.59. The third kappa shape index (κ3) is 1.64. The number of carbonyl (C=O) groups excluding carboxylic acids is 1. The maximum atomic E-state index is 12.3. The molecule has 0 aromatic rings. The summed E-state index contributed by atoms with van der Waals surface area (Å²) in [5, 5.41) is 12.0. The van der Waals surface area contributed by atoms with E-state index in [1.807, 2.05) is 27.7 Å². The van der Waals surface area contributed by atoms with Crippen LogP contribution in [0.1, 0.15) is 34.1 Å². The molecular formula is C13H21NO4. The Morgan fingerprint density at radius 3 is 2.11 bits per heavy atom. The summed E-state index contributed by atoms with van der Waals surface area (Å²) in [6, 6.07) is 0. The van der Waals surface area contributed by atoms with Crippen LogP contribution in [0.3, 0.4) is 0 Å². The second-order valence-electron chi connectivity index (χ2n) is 6.56. The molecule has 1 saturated heterocycles. The van der Waals surface area contributed by atoms with Crippen molar-refractivity contribution in [1.29, 1.82) is 0 Å². The highest BCUT2D eigenvalue weighted by molar-refractivity contribution is 5.91. The van der Waals surface area contributed by atoms with Crippen LogP contribution in [0.2, 0.25) is 0 Å². The number of carboxylic acid groups (broad SMARTS) is 1. The summed E-state index contributed by atoms with van der Waals surface area (Å²) < 4.78 is 5.13. The lowest BCUT2D eigenvalue weighted by Crippen LogP contribution is -2.56. The van der Waals surface area contributed by atoms with Gasteiger partial charge in [0.15, 0.2) is 5.54 Å². The maximum absolute atomic E-state index is 12.3. The predicted molar refractivity (Wildman–Crippen MR) is 65.0 cm³/mol. The fourth-order valence-electron chi connectivity index (χ4n) is 3.05. The first-order valence-electron chi connectivity index (χ1n) is 6.28. The van der Waals surface area contributed by atoms with Crippen LogP contribution in [0.4, 0.5) is 0 Å². The van der Waals surface area contributed by atoms with Crippen molar-refractivity contribution in [2.75, 3.05) is 13.2 Å². The van der Waals surface area contributed by atoms with E-state index in [9.17, 15) is 14.7 Å². The van der Waals surface area contributed by atoms with E-state index in [4.69, 9.17) is 4.74 Å². The van der Waals surface area contributed by atoms with Crippen molar-refractivity contribution in [3.8, 4) is 0 Å². The van der Waals surface area contributed by atoms with Crippen molar-refractivity contribution in [1.82, 2.24) is 5.32 Å². The van der Waals surface area contributed by atoms with Gasteiger partial charge in [0.05, 0.1) is 6.61 Å². The van der Waals surface area contributed by atoms with Gasteiger partial charge in [-0.2, -0.15) is 0 Å². The molecule has 2 aliphatic rings. The fourth-order valence-corrected chi connectivity index (χ4v) is 3.05. The third-order valence-corrected chi connectivity index (χ3v) is 5.08. The third-order valence-electron chi connectivity index (χ3n) is 5.08. The van der Waals surface area contributed by atoms with E-state index in [0.717, 1.165) is 0 Å². The molecule has 1 atom stereocenters. The number of carbonyl (C=O) groups is 2. The molecule has 102 valence electrons. The zero-order valence-electron chi connectivity index (χ0n) is 11.4. The second-order valence-corrected chi connectivity index (χ2v) is 6.56. The number of hydrogen-bond donors (Lipinski definition) is 2. The highest BCUT2D eigenvalue weighted by atomic mass is 16.5. The lowest BCUT2D eigenvalue weighted by molar-refractivity contribution is -0.148. The SMILES string of the molecule is CC1(C)C(C(=O)NC2(C(=O)O)CCOC2)C1(C)C. The van der Waals surface area contributed by atoms with Crippen molar-refractivity contribution in [2.45, 2.75) is 39.7 Å². The second kappa shape index (κ2) is 3.70. The van der Waals surface area contributed by atoms with Crippen LogP contribution in [-0.2, 0) is 14.3 Å². The molecule has 0 aromatic heterocycles. The van der Waals surface area contributed by atoms with Gasteiger partial charge in [-0.25, -0.2) is 4.79 Å². The molecule has 5 nitrogen and oxygen atoms in total. The fraction of sp³-hybridized carbons (Fsp3) is 0.846. The van der Waals surface area contributed by atoms with Crippen LogP contribution in [0, 0.1) is 16.7 Å². The van der Waals surface area contributed by atoms with Crippen molar-refractivity contribution in [3.63, 3.8) is 0 Å². The lowest BCUT2D eigenvalue weighted by Gasteiger charge is -2.24. The first kappa shape index (κ1) is 13.3. The zero-order valence-corrected chi connectivity index (χ0v) is 11.4. The molecule has 2 N–H and O–H groups in total. The molecule has 0 radical (unpaired) electrons. The Balaban J connectivity index is 2.11. The van der Waals surface area contributed by atoms with Crippen LogP contribution >= 0.6 is 0 Å². The first-order valence-corrected chi connectivity index (χ1v) is 6.28. The van der Waals surface area contributed by atoms with E-state index in [1.54, 1.807) is 0 Å². The largest absolute Gasteiger partial charge is 0.479 e. The molecule has 1 unspecified atom stereocenters. The Morgan fingerprint density at radius 1 is 1.22 bits per heavy atom. The topological polar surface area (TPSA) is 75.6 Å². The molecule has 5 heteroatoms. The van der Waals surface area contributed by atoms with E-state index < -0.39 is 11.5 Å². The van der Waals surface area contributed by atoms with Gasteiger partial charge >= 0.3 is 5.97 Å². The molecule has 1 heterocycles. The molecule has 2 rings (SSSR count). The number of ether oxygens (including phenoxy) is 1. The van der Waals surface area contributed by atoms with E-state index in [2.05, 4.69) is 5.32 Å². The highest BCUT2D eigenvalue weighted by Gasteiger charge is 2.68. The quantitative estimate of drug-likeness (QED) is 0.789. The molecule has 1 aliphatic heterocycles. The monoisotopic (exact) mass is 255 g/mol. The predicted octanol–water partition coefficient (Wildman–Crippen LogP) is 1.03. The van der Waals surface area contributed by atoms with Gasteiger partial charge < -0.3 is 15.2 Å². The van der Waals surface area contributed by atoms with Crippen molar-refractivity contribution < 1.29 is 19.4 Å². The summed E-state index contributed by atoms with van der Waals surface area (Å²) in [5.41, 5.74) is -1.40. The van der Waals surface area contributed by atoms with Crippen molar-refractivity contribution in [2.24, 2.45) is 16.7 Å². The molecule has 0 spiro atoms. The number of rotatable bonds is 3. The average molecular weight is 255 g/mol. The Bertz CT molecular complexity index is 380. The Hall–Kier alpha value is -1.10. The Kier molecular flexibility index (Phi) is 2.74. The minimum absolute atomic E-state index is 0.0572. The number of aliphatic carboxylic acids is 1. The van der Waals surface area contributed by atoms with Gasteiger partial charge in [0.1, 0.15) is 0 Å².